The lowest BCUT2D eigenvalue weighted by molar-refractivity contribution is -0.122. The number of fused-ring (bicyclic) bond motifs is 1. The number of hydrogen-bond acceptors (Lipinski definition) is 7. The summed E-state index contributed by atoms with van der Waals surface area (Å²) in [4.78, 5) is 27.0. The maximum absolute atomic E-state index is 13.7. The molecule has 182 valence electrons. The molecule has 3 aromatic rings. The number of carbonyl (C=O) groups excluding carboxylic acids is 2. The fourth-order valence-corrected chi connectivity index (χ4v) is 5.69. The molecule has 0 spiro atoms. The summed E-state index contributed by atoms with van der Waals surface area (Å²) < 4.78 is 52.5. The molecule has 1 unspecified atom stereocenters. The number of imide groups is 1. The molecule has 0 N–H and O–H groups in total. The van der Waals surface area contributed by atoms with Gasteiger partial charge in [-0.25, -0.2) is 17.7 Å². The summed E-state index contributed by atoms with van der Waals surface area (Å²) in [6.45, 7) is -0.215. The molecule has 11 heteroatoms. The van der Waals surface area contributed by atoms with E-state index >= 15 is 0 Å². The Bertz CT molecular complexity index is 1500. The Balaban J connectivity index is 1.53. The van der Waals surface area contributed by atoms with E-state index < -0.39 is 33.7 Å². The number of nitriles is 1. The summed E-state index contributed by atoms with van der Waals surface area (Å²) in [5, 5.41) is 9.02. The largest absolute Gasteiger partial charge is 0.454 e. The highest BCUT2D eigenvalue weighted by atomic mass is 32.2. The summed E-state index contributed by atoms with van der Waals surface area (Å²) in [6, 6.07) is 15.6. The second-order valence-corrected chi connectivity index (χ2v) is 10.0. The van der Waals surface area contributed by atoms with Crippen molar-refractivity contribution in [3.63, 3.8) is 0 Å². The van der Waals surface area contributed by atoms with E-state index in [2.05, 4.69) is 0 Å². The molecule has 36 heavy (non-hydrogen) atoms. The average Bonchev–Trinajstić information content (AvgIpc) is 3.46. The molecule has 1 atom stereocenters. The molecular weight excluding hydrogens is 489 g/mol. The van der Waals surface area contributed by atoms with E-state index in [9.17, 15) is 22.4 Å². The Morgan fingerprint density at radius 1 is 1.00 bits per heavy atom. The Hall–Kier alpha value is -4.27. The van der Waals surface area contributed by atoms with E-state index in [-0.39, 0.29) is 30.3 Å². The number of anilines is 1. The Labute approximate surface area is 205 Å². The third kappa shape index (κ3) is 4.17. The number of nitrogens with zero attached hydrogens (tertiary/aromatic N) is 3. The number of halogens is 1. The molecule has 0 radical (unpaired) electrons. The first-order valence-corrected chi connectivity index (χ1v) is 12.2. The molecule has 0 saturated carbocycles. The Morgan fingerprint density at radius 3 is 2.39 bits per heavy atom. The Morgan fingerprint density at radius 2 is 1.69 bits per heavy atom. The van der Waals surface area contributed by atoms with Crippen LogP contribution in [-0.2, 0) is 26.2 Å². The molecule has 2 aliphatic heterocycles. The van der Waals surface area contributed by atoms with Crippen LogP contribution in [0.1, 0.15) is 17.5 Å². The van der Waals surface area contributed by atoms with Crippen LogP contribution in [-0.4, -0.2) is 37.4 Å². The molecule has 9 nitrogen and oxygen atoms in total. The molecule has 2 heterocycles. The fourth-order valence-electron chi connectivity index (χ4n) is 4.12. The number of ether oxygens (including phenoxy) is 2. The van der Waals surface area contributed by atoms with Gasteiger partial charge in [-0.2, -0.15) is 9.57 Å². The zero-order valence-electron chi connectivity index (χ0n) is 18.6. The van der Waals surface area contributed by atoms with Crippen LogP contribution >= 0.6 is 0 Å². The standard InChI is InChI=1S/C25H18FN3O6S/c26-18-4-8-20(9-5-18)36(32,33)28(14-17-3-10-22-23(11-17)35-15-34-22)21-12-24(30)29(25(21)31)19-6-1-16(13-27)2-7-19/h1-11,21H,12,14-15H2. The van der Waals surface area contributed by atoms with Crippen LogP contribution < -0.4 is 14.4 Å². The minimum atomic E-state index is -4.33. The second kappa shape index (κ2) is 9.07. The van der Waals surface area contributed by atoms with Crippen molar-refractivity contribution >= 4 is 27.5 Å². The summed E-state index contributed by atoms with van der Waals surface area (Å²) in [5.74, 6) is -0.989. The molecule has 5 rings (SSSR count). The predicted octanol–water partition coefficient (Wildman–Crippen LogP) is 2.95. The smallest absolute Gasteiger partial charge is 0.252 e. The van der Waals surface area contributed by atoms with Crippen LogP contribution in [0.3, 0.4) is 0 Å². The van der Waals surface area contributed by atoms with Crippen molar-refractivity contribution in [3.05, 3.63) is 83.7 Å². The van der Waals surface area contributed by atoms with Gasteiger partial charge in [-0.3, -0.25) is 9.59 Å². The van der Waals surface area contributed by atoms with Crippen molar-refractivity contribution in [1.82, 2.24) is 4.31 Å². The third-order valence-corrected chi connectivity index (χ3v) is 7.79. The predicted molar refractivity (Wildman–Crippen MR) is 124 cm³/mol. The monoisotopic (exact) mass is 507 g/mol. The van der Waals surface area contributed by atoms with Gasteiger partial charge in [0.2, 0.25) is 22.7 Å². The van der Waals surface area contributed by atoms with Crippen molar-refractivity contribution in [2.45, 2.75) is 23.9 Å². The minimum absolute atomic E-state index is 0.0333. The van der Waals surface area contributed by atoms with Gasteiger partial charge in [0, 0.05) is 6.54 Å². The van der Waals surface area contributed by atoms with Crippen molar-refractivity contribution in [3.8, 4) is 17.6 Å². The lowest BCUT2D eigenvalue weighted by Crippen LogP contribution is -2.45. The molecule has 0 aromatic heterocycles. The first-order valence-electron chi connectivity index (χ1n) is 10.8. The SMILES string of the molecule is N#Cc1ccc(N2C(=O)CC(N(Cc3ccc4c(c3)OCO4)S(=O)(=O)c3ccc(F)cc3)C2=O)cc1. The number of hydrogen-bond donors (Lipinski definition) is 0. The molecule has 3 aromatic carbocycles. The zero-order chi connectivity index (χ0) is 25.4. The molecule has 0 aliphatic carbocycles. The highest BCUT2D eigenvalue weighted by Gasteiger charge is 2.47. The second-order valence-electron chi connectivity index (χ2n) is 8.14. The number of amides is 2. The number of rotatable bonds is 6. The summed E-state index contributed by atoms with van der Waals surface area (Å²) >= 11 is 0. The van der Waals surface area contributed by atoms with Gasteiger partial charge >= 0.3 is 0 Å². The van der Waals surface area contributed by atoms with Gasteiger partial charge in [-0.1, -0.05) is 6.07 Å². The quantitative estimate of drug-likeness (QED) is 0.471. The van der Waals surface area contributed by atoms with Gasteiger partial charge in [-0.15, -0.1) is 0 Å². The van der Waals surface area contributed by atoms with Crippen LogP contribution in [0.25, 0.3) is 0 Å². The van der Waals surface area contributed by atoms with Gasteiger partial charge in [0.1, 0.15) is 11.9 Å². The van der Waals surface area contributed by atoms with Gasteiger partial charge in [0.05, 0.1) is 28.6 Å². The molecule has 1 fully saturated rings. The highest BCUT2D eigenvalue weighted by Crippen LogP contribution is 2.35. The highest BCUT2D eigenvalue weighted by molar-refractivity contribution is 7.89. The molecule has 2 aliphatic rings. The lowest BCUT2D eigenvalue weighted by atomic mass is 10.1. The topological polar surface area (TPSA) is 117 Å². The van der Waals surface area contributed by atoms with Gasteiger partial charge in [0.25, 0.3) is 5.91 Å². The van der Waals surface area contributed by atoms with Crippen LogP contribution in [0.4, 0.5) is 10.1 Å². The maximum atomic E-state index is 13.7. The van der Waals surface area contributed by atoms with E-state index in [1.807, 2.05) is 6.07 Å². The molecule has 2 amide bonds. The van der Waals surface area contributed by atoms with Crippen LogP contribution in [0.5, 0.6) is 11.5 Å². The van der Waals surface area contributed by atoms with Crippen molar-refractivity contribution in [2.75, 3.05) is 11.7 Å². The van der Waals surface area contributed by atoms with Gasteiger partial charge in [-0.05, 0) is 66.2 Å². The van der Waals surface area contributed by atoms with Crippen LogP contribution in [0.2, 0.25) is 0 Å². The summed E-state index contributed by atoms with van der Waals surface area (Å²) in [6.07, 6.45) is -0.385. The molecular formula is C25H18FN3O6S. The van der Waals surface area contributed by atoms with Gasteiger partial charge < -0.3 is 9.47 Å². The molecule has 1 saturated heterocycles. The third-order valence-electron chi connectivity index (χ3n) is 5.92. The number of carbonyl (C=O) groups is 2. The number of sulfonamides is 1. The summed E-state index contributed by atoms with van der Waals surface area (Å²) in [5.41, 5.74) is 1.08. The van der Waals surface area contributed by atoms with Crippen LogP contribution in [0.15, 0.2) is 71.6 Å². The first-order chi connectivity index (χ1) is 17.3. The Kier molecular flexibility index (Phi) is 5.91. The lowest BCUT2D eigenvalue weighted by Gasteiger charge is -2.27. The summed E-state index contributed by atoms with van der Waals surface area (Å²) in [7, 11) is -4.33. The molecule has 0 bridgehead atoms. The van der Waals surface area contributed by atoms with Crippen molar-refractivity contribution in [2.24, 2.45) is 0 Å². The van der Waals surface area contributed by atoms with E-state index in [1.165, 1.54) is 24.3 Å². The van der Waals surface area contributed by atoms with E-state index in [4.69, 9.17) is 14.7 Å². The van der Waals surface area contributed by atoms with E-state index in [0.29, 0.717) is 22.6 Å². The average molecular weight is 507 g/mol. The van der Waals surface area contributed by atoms with Gasteiger partial charge in [0.15, 0.2) is 11.5 Å². The minimum Gasteiger partial charge on any atom is -0.454 e. The van der Waals surface area contributed by atoms with E-state index in [0.717, 1.165) is 33.5 Å². The normalized spacial score (nSPS) is 17.0. The first kappa shape index (κ1) is 23.5. The van der Waals surface area contributed by atoms with E-state index in [1.54, 1.807) is 18.2 Å². The zero-order valence-corrected chi connectivity index (χ0v) is 19.4. The van der Waals surface area contributed by atoms with Crippen molar-refractivity contribution < 1.29 is 31.9 Å². The van der Waals surface area contributed by atoms with Crippen LogP contribution in [0, 0.1) is 17.1 Å². The maximum Gasteiger partial charge on any atom is 0.252 e. The van der Waals surface area contributed by atoms with Crippen molar-refractivity contribution in [1.29, 1.82) is 5.26 Å². The fraction of sp³-hybridized carbons (Fsp3) is 0.160. The number of benzene rings is 3.